The van der Waals surface area contributed by atoms with Gasteiger partial charge in [-0.3, -0.25) is 0 Å². The van der Waals surface area contributed by atoms with Gasteiger partial charge in [0.25, 0.3) is 0 Å². The quantitative estimate of drug-likeness (QED) is 0.749. The van der Waals surface area contributed by atoms with E-state index < -0.39 is 23.9 Å². The molecule has 0 aromatic heterocycles. The molecule has 0 saturated carbocycles. The summed E-state index contributed by atoms with van der Waals surface area (Å²) in [7, 11) is -0.453. The van der Waals surface area contributed by atoms with E-state index >= 15 is 0 Å². The molecule has 1 amide bonds. The summed E-state index contributed by atoms with van der Waals surface area (Å²) in [6, 6.07) is 0. The van der Waals surface area contributed by atoms with Crippen molar-refractivity contribution in [2.45, 2.75) is 71.2 Å². The van der Waals surface area contributed by atoms with E-state index in [9.17, 15) is 4.79 Å². The zero-order valence-corrected chi connectivity index (χ0v) is 14.9. The third-order valence-electron chi connectivity index (χ3n) is 4.50. The second kappa shape index (κ2) is 5.69. The summed E-state index contributed by atoms with van der Waals surface area (Å²) in [6.07, 6.45) is -0.311. The minimum Gasteiger partial charge on any atom is -0.444 e. The predicted molar refractivity (Wildman–Crippen MR) is 85.7 cm³/mol. The number of ether oxygens (including phenoxy) is 1. The lowest BCUT2D eigenvalue weighted by molar-refractivity contribution is 0.00578. The topological polar surface area (TPSA) is 60.0 Å². The van der Waals surface area contributed by atoms with Gasteiger partial charge in [0.05, 0.1) is 17.1 Å². The van der Waals surface area contributed by atoms with Crippen LogP contribution in [0.1, 0.15) is 48.5 Å². The number of carbonyl (C=O) groups excluding carboxylic acids is 1. The fraction of sp³-hybridized carbons (Fsp3) is 0.933. The summed E-state index contributed by atoms with van der Waals surface area (Å²) >= 11 is 0. The highest BCUT2D eigenvalue weighted by Crippen LogP contribution is 2.38. The molecule has 2 saturated heterocycles. The van der Waals surface area contributed by atoms with Gasteiger partial charge in [-0.2, -0.15) is 0 Å². The number of piperazine rings is 1. The molecule has 0 aliphatic carbocycles. The molecule has 1 atom stereocenters. The second-order valence-corrected chi connectivity index (χ2v) is 8.07. The van der Waals surface area contributed by atoms with Crippen molar-refractivity contribution in [3.63, 3.8) is 0 Å². The van der Waals surface area contributed by atoms with Crippen molar-refractivity contribution in [2.75, 3.05) is 19.6 Å². The molecule has 0 bridgehead atoms. The molecule has 22 heavy (non-hydrogen) atoms. The predicted octanol–water partition coefficient (Wildman–Crippen LogP) is 1.83. The largest absolute Gasteiger partial charge is 0.483 e. The molecule has 6 nitrogen and oxygen atoms in total. The van der Waals surface area contributed by atoms with Crippen LogP contribution in [0.2, 0.25) is 0 Å². The Kier molecular flexibility index (Phi) is 4.54. The van der Waals surface area contributed by atoms with Crippen molar-refractivity contribution in [3.05, 3.63) is 0 Å². The standard InChI is InChI=1S/C15H29BN2O4/c1-13(2,3)20-12(19)18-9-8-17-10-11(18)16-21-14(4,5)15(6,7)22-16/h11,17H,8-10H2,1-7H3. The lowest BCUT2D eigenvalue weighted by Crippen LogP contribution is -2.61. The maximum absolute atomic E-state index is 12.5. The molecular weight excluding hydrogens is 283 g/mol. The van der Waals surface area contributed by atoms with Gasteiger partial charge in [0, 0.05) is 19.6 Å². The second-order valence-electron chi connectivity index (χ2n) is 8.07. The van der Waals surface area contributed by atoms with Gasteiger partial charge < -0.3 is 24.3 Å². The fourth-order valence-corrected chi connectivity index (χ4v) is 2.56. The molecule has 0 radical (unpaired) electrons. The van der Waals surface area contributed by atoms with Crippen molar-refractivity contribution in [2.24, 2.45) is 0 Å². The highest BCUT2D eigenvalue weighted by molar-refractivity contribution is 6.48. The summed E-state index contributed by atoms with van der Waals surface area (Å²) in [4.78, 5) is 14.2. The number of nitrogens with zero attached hydrogens (tertiary/aromatic N) is 1. The Hall–Kier alpha value is -0.785. The summed E-state index contributed by atoms with van der Waals surface area (Å²) < 4.78 is 17.7. The maximum Gasteiger partial charge on any atom is 0.483 e. The normalized spacial score (nSPS) is 27.9. The molecule has 126 valence electrons. The monoisotopic (exact) mass is 312 g/mol. The maximum atomic E-state index is 12.5. The zero-order valence-electron chi connectivity index (χ0n) is 14.9. The van der Waals surface area contributed by atoms with Crippen LogP contribution >= 0.6 is 0 Å². The Balaban J connectivity index is 2.13. The van der Waals surface area contributed by atoms with Crippen LogP contribution < -0.4 is 5.32 Å². The Morgan fingerprint density at radius 2 is 1.77 bits per heavy atom. The first kappa shape index (κ1) is 17.6. The highest BCUT2D eigenvalue weighted by atomic mass is 16.7. The van der Waals surface area contributed by atoms with Gasteiger partial charge in [-0.05, 0) is 48.5 Å². The van der Waals surface area contributed by atoms with Crippen LogP contribution in [0.3, 0.4) is 0 Å². The lowest BCUT2D eigenvalue weighted by atomic mass is 9.76. The van der Waals surface area contributed by atoms with E-state index in [0.29, 0.717) is 13.1 Å². The summed E-state index contributed by atoms with van der Waals surface area (Å²) in [5.41, 5.74) is -1.33. The first-order valence-electron chi connectivity index (χ1n) is 7.99. The van der Waals surface area contributed by atoms with Crippen molar-refractivity contribution >= 4 is 13.2 Å². The van der Waals surface area contributed by atoms with E-state index in [1.165, 1.54) is 0 Å². The van der Waals surface area contributed by atoms with Gasteiger partial charge in [-0.15, -0.1) is 0 Å². The number of hydrogen-bond donors (Lipinski definition) is 1. The van der Waals surface area contributed by atoms with E-state index in [1.54, 1.807) is 4.90 Å². The van der Waals surface area contributed by atoms with E-state index in [-0.39, 0.29) is 12.0 Å². The van der Waals surface area contributed by atoms with Crippen LogP contribution in [0, 0.1) is 0 Å². The Bertz CT molecular complexity index is 418. The number of nitrogens with one attached hydrogen (secondary N) is 1. The number of amides is 1. The molecule has 7 heteroatoms. The minimum absolute atomic E-state index is 0.190. The van der Waals surface area contributed by atoms with Crippen LogP contribution in [0.5, 0.6) is 0 Å². The zero-order chi connectivity index (χ0) is 16.8. The molecule has 0 aromatic carbocycles. The van der Waals surface area contributed by atoms with Crippen molar-refractivity contribution in [1.82, 2.24) is 10.2 Å². The number of hydrogen-bond acceptors (Lipinski definition) is 5. The summed E-state index contributed by atoms with van der Waals surface area (Å²) in [6.45, 7) is 15.6. The van der Waals surface area contributed by atoms with E-state index in [1.807, 2.05) is 48.5 Å². The van der Waals surface area contributed by atoms with Crippen LogP contribution in [-0.2, 0) is 14.0 Å². The van der Waals surface area contributed by atoms with Crippen LogP contribution in [-0.4, -0.2) is 60.5 Å². The Morgan fingerprint density at radius 3 is 2.27 bits per heavy atom. The molecule has 2 fully saturated rings. The van der Waals surface area contributed by atoms with Crippen LogP contribution in [0.15, 0.2) is 0 Å². The Labute approximate surface area is 134 Å². The smallest absolute Gasteiger partial charge is 0.444 e. The summed E-state index contributed by atoms with van der Waals surface area (Å²) in [5, 5.41) is 3.30. The Morgan fingerprint density at radius 1 is 1.23 bits per heavy atom. The van der Waals surface area contributed by atoms with Gasteiger partial charge in [0.15, 0.2) is 0 Å². The average molecular weight is 312 g/mol. The SMILES string of the molecule is CC(C)(C)OC(=O)N1CCNCC1B1OC(C)(C)C(C)(C)O1. The van der Waals surface area contributed by atoms with Gasteiger partial charge in [0.2, 0.25) is 0 Å². The fourth-order valence-electron chi connectivity index (χ4n) is 2.56. The first-order chi connectivity index (χ1) is 9.93. The molecule has 2 aliphatic heterocycles. The lowest BCUT2D eigenvalue weighted by Gasteiger charge is -2.37. The van der Waals surface area contributed by atoms with Gasteiger partial charge in [-0.25, -0.2) is 4.79 Å². The molecule has 0 aromatic rings. The van der Waals surface area contributed by atoms with Crippen LogP contribution in [0.4, 0.5) is 4.79 Å². The first-order valence-corrected chi connectivity index (χ1v) is 7.99. The van der Waals surface area contributed by atoms with Crippen LogP contribution in [0.25, 0.3) is 0 Å². The molecule has 2 aliphatic rings. The van der Waals surface area contributed by atoms with Gasteiger partial charge >= 0.3 is 13.2 Å². The van der Waals surface area contributed by atoms with Gasteiger partial charge in [0.1, 0.15) is 5.60 Å². The van der Waals surface area contributed by atoms with Crippen molar-refractivity contribution in [1.29, 1.82) is 0 Å². The van der Waals surface area contributed by atoms with Crippen molar-refractivity contribution in [3.8, 4) is 0 Å². The van der Waals surface area contributed by atoms with Gasteiger partial charge in [-0.1, -0.05) is 0 Å². The number of carbonyl (C=O) groups is 1. The molecular formula is C15H29BN2O4. The van der Waals surface area contributed by atoms with E-state index in [4.69, 9.17) is 14.0 Å². The summed E-state index contributed by atoms with van der Waals surface area (Å²) in [5.74, 6) is -0.190. The molecule has 2 heterocycles. The molecule has 2 rings (SSSR count). The average Bonchev–Trinajstić information content (AvgIpc) is 2.56. The molecule has 1 unspecified atom stereocenters. The number of rotatable bonds is 1. The minimum atomic E-state index is -0.511. The van der Waals surface area contributed by atoms with Crippen molar-refractivity contribution < 1.29 is 18.8 Å². The molecule has 1 N–H and O–H groups in total. The third-order valence-corrected chi connectivity index (χ3v) is 4.50. The molecule has 0 spiro atoms. The van der Waals surface area contributed by atoms with E-state index in [0.717, 1.165) is 6.54 Å². The van der Waals surface area contributed by atoms with E-state index in [2.05, 4.69) is 5.32 Å². The third kappa shape index (κ3) is 3.58. The highest BCUT2D eigenvalue weighted by Gasteiger charge is 2.56.